The molecule has 0 N–H and O–H groups in total. The number of carbonyl (C=O) groups excluding carboxylic acids is 1. The van der Waals surface area contributed by atoms with Crippen LogP contribution < -0.4 is 0 Å². The monoisotopic (exact) mass is 315 g/mol. The van der Waals surface area contributed by atoms with Crippen LogP contribution in [0.1, 0.15) is 19.4 Å². The third-order valence-electron chi connectivity index (χ3n) is 3.89. The molecule has 3 rings (SSSR count). The molecule has 1 amide bonds. The number of nitrogens with zero attached hydrogens (tertiary/aromatic N) is 5. The van der Waals surface area contributed by atoms with E-state index in [1.54, 1.807) is 4.90 Å². The van der Waals surface area contributed by atoms with Crippen molar-refractivity contribution in [2.24, 2.45) is 0 Å². The van der Waals surface area contributed by atoms with Crippen LogP contribution in [0.5, 0.6) is 0 Å². The number of aryl methyl sites for hydroxylation is 1. The number of hydrogen-bond acceptors (Lipinski definition) is 5. The summed E-state index contributed by atoms with van der Waals surface area (Å²) < 4.78 is 5.65. The van der Waals surface area contributed by atoms with E-state index in [9.17, 15) is 4.79 Å². The summed E-state index contributed by atoms with van der Waals surface area (Å²) >= 11 is 0. The van der Waals surface area contributed by atoms with Crippen LogP contribution in [0.15, 0.2) is 24.3 Å². The van der Waals surface area contributed by atoms with Crippen molar-refractivity contribution in [2.75, 3.05) is 13.1 Å². The largest absolute Gasteiger partial charge is 0.372 e. The zero-order chi connectivity index (χ0) is 16.4. The van der Waals surface area contributed by atoms with Gasteiger partial charge in [-0.1, -0.05) is 24.3 Å². The summed E-state index contributed by atoms with van der Waals surface area (Å²) in [6.45, 7) is 7.24. The maximum atomic E-state index is 12.4. The summed E-state index contributed by atoms with van der Waals surface area (Å²) in [6.07, 6.45) is 0.0999. The standard InChI is InChI=1S/C16H21N5O2/c1-11-6-4-5-7-14(11)16-17-19-21(18-16)10-15(22)20-8-12(2)23-13(3)9-20/h4-7,12-13H,8-10H2,1-3H3/t12-,13-/m1/s1. The molecule has 0 aliphatic carbocycles. The Morgan fingerprint density at radius 2 is 1.96 bits per heavy atom. The molecule has 0 spiro atoms. The molecule has 122 valence electrons. The Kier molecular flexibility index (Phi) is 4.38. The molecule has 1 aliphatic rings. The van der Waals surface area contributed by atoms with Crippen LogP contribution in [0.3, 0.4) is 0 Å². The Balaban J connectivity index is 1.69. The Morgan fingerprint density at radius 3 is 2.65 bits per heavy atom. The van der Waals surface area contributed by atoms with Crippen molar-refractivity contribution in [3.05, 3.63) is 29.8 Å². The van der Waals surface area contributed by atoms with Gasteiger partial charge in [0.15, 0.2) is 0 Å². The van der Waals surface area contributed by atoms with E-state index in [0.717, 1.165) is 11.1 Å². The molecule has 1 aromatic heterocycles. The minimum Gasteiger partial charge on any atom is -0.372 e. The van der Waals surface area contributed by atoms with Crippen LogP contribution in [0.2, 0.25) is 0 Å². The number of aromatic nitrogens is 4. The number of ether oxygens (including phenoxy) is 1. The molecule has 0 saturated carbocycles. The highest BCUT2D eigenvalue weighted by atomic mass is 16.5. The van der Waals surface area contributed by atoms with Crippen molar-refractivity contribution in [1.82, 2.24) is 25.1 Å². The van der Waals surface area contributed by atoms with Crippen LogP contribution >= 0.6 is 0 Å². The second kappa shape index (κ2) is 6.45. The minimum absolute atomic E-state index is 0.0132. The van der Waals surface area contributed by atoms with E-state index in [1.165, 1.54) is 4.80 Å². The highest BCUT2D eigenvalue weighted by molar-refractivity contribution is 5.76. The van der Waals surface area contributed by atoms with Crippen LogP contribution in [0.25, 0.3) is 11.4 Å². The number of carbonyl (C=O) groups is 1. The summed E-state index contributed by atoms with van der Waals surface area (Å²) in [7, 11) is 0. The van der Waals surface area contributed by atoms with Crippen LogP contribution in [-0.2, 0) is 16.1 Å². The van der Waals surface area contributed by atoms with Gasteiger partial charge in [-0.25, -0.2) is 0 Å². The van der Waals surface area contributed by atoms with E-state index in [1.807, 2.05) is 45.0 Å². The van der Waals surface area contributed by atoms with Crippen LogP contribution in [0, 0.1) is 6.92 Å². The zero-order valence-electron chi connectivity index (χ0n) is 13.6. The summed E-state index contributed by atoms with van der Waals surface area (Å²) in [4.78, 5) is 15.6. The highest BCUT2D eigenvalue weighted by Crippen LogP contribution is 2.18. The van der Waals surface area contributed by atoms with Gasteiger partial charge in [-0.15, -0.1) is 10.2 Å². The van der Waals surface area contributed by atoms with Crippen LogP contribution in [0.4, 0.5) is 0 Å². The average Bonchev–Trinajstić information content (AvgIpc) is 2.95. The maximum Gasteiger partial charge on any atom is 0.246 e. The Bertz CT molecular complexity index is 689. The zero-order valence-corrected chi connectivity index (χ0v) is 13.6. The molecule has 2 heterocycles. The van der Waals surface area contributed by atoms with Gasteiger partial charge in [-0.3, -0.25) is 4.79 Å². The molecule has 7 heteroatoms. The first kappa shape index (κ1) is 15.6. The minimum atomic E-state index is -0.0132. The van der Waals surface area contributed by atoms with E-state index in [2.05, 4.69) is 15.4 Å². The first-order valence-electron chi connectivity index (χ1n) is 7.80. The second-order valence-electron chi connectivity index (χ2n) is 6.01. The van der Waals surface area contributed by atoms with Gasteiger partial charge in [0, 0.05) is 18.7 Å². The first-order chi connectivity index (χ1) is 11.0. The van der Waals surface area contributed by atoms with Gasteiger partial charge in [0.05, 0.1) is 12.2 Å². The molecule has 1 saturated heterocycles. The van der Waals surface area contributed by atoms with Gasteiger partial charge in [0.25, 0.3) is 0 Å². The van der Waals surface area contributed by atoms with Crippen molar-refractivity contribution in [3.8, 4) is 11.4 Å². The molecule has 2 aromatic rings. The van der Waals surface area contributed by atoms with Crippen molar-refractivity contribution < 1.29 is 9.53 Å². The summed E-state index contributed by atoms with van der Waals surface area (Å²) in [5.41, 5.74) is 2.01. The SMILES string of the molecule is Cc1ccccc1-c1nnn(CC(=O)N2C[C@@H](C)O[C@H](C)C2)n1. The van der Waals surface area contributed by atoms with Crippen molar-refractivity contribution in [3.63, 3.8) is 0 Å². The van der Waals surface area contributed by atoms with Gasteiger partial charge in [0.1, 0.15) is 6.54 Å². The maximum absolute atomic E-state index is 12.4. The molecule has 0 bridgehead atoms. The lowest BCUT2D eigenvalue weighted by Crippen LogP contribution is -2.49. The molecule has 7 nitrogen and oxygen atoms in total. The van der Waals surface area contributed by atoms with E-state index in [-0.39, 0.29) is 24.7 Å². The van der Waals surface area contributed by atoms with Gasteiger partial charge in [0.2, 0.25) is 11.7 Å². The van der Waals surface area contributed by atoms with E-state index < -0.39 is 0 Å². The molecule has 2 atom stereocenters. The molecule has 1 fully saturated rings. The smallest absolute Gasteiger partial charge is 0.246 e. The molecular weight excluding hydrogens is 294 g/mol. The number of tetrazole rings is 1. The molecule has 1 aromatic carbocycles. The Morgan fingerprint density at radius 1 is 1.26 bits per heavy atom. The van der Waals surface area contributed by atoms with Crippen molar-refractivity contribution in [1.29, 1.82) is 0 Å². The predicted molar refractivity (Wildman–Crippen MR) is 84.6 cm³/mol. The lowest BCUT2D eigenvalue weighted by molar-refractivity contribution is -0.144. The van der Waals surface area contributed by atoms with E-state index >= 15 is 0 Å². The average molecular weight is 315 g/mol. The highest BCUT2D eigenvalue weighted by Gasteiger charge is 2.26. The third kappa shape index (κ3) is 3.56. The first-order valence-corrected chi connectivity index (χ1v) is 7.80. The van der Waals surface area contributed by atoms with Crippen molar-refractivity contribution >= 4 is 5.91 Å². The number of amides is 1. The number of benzene rings is 1. The fraction of sp³-hybridized carbons (Fsp3) is 0.500. The normalized spacial score (nSPS) is 21.4. The predicted octanol–water partition coefficient (Wildman–Crippen LogP) is 1.28. The third-order valence-corrected chi connectivity index (χ3v) is 3.89. The summed E-state index contributed by atoms with van der Waals surface area (Å²) in [6, 6.07) is 7.85. The van der Waals surface area contributed by atoms with Gasteiger partial charge >= 0.3 is 0 Å². The Hall–Kier alpha value is -2.28. The molecule has 0 unspecified atom stereocenters. The van der Waals surface area contributed by atoms with Gasteiger partial charge < -0.3 is 9.64 Å². The summed E-state index contributed by atoms with van der Waals surface area (Å²) in [5.74, 6) is 0.528. The lowest BCUT2D eigenvalue weighted by Gasteiger charge is -2.35. The number of morpholine rings is 1. The van der Waals surface area contributed by atoms with Gasteiger partial charge in [-0.2, -0.15) is 4.80 Å². The quantitative estimate of drug-likeness (QED) is 0.853. The van der Waals surface area contributed by atoms with Gasteiger partial charge in [-0.05, 0) is 31.5 Å². The molecule has 1 aliphatic heterocycles. The molecule has 23 heavy (non-hydrogen) atoms. The molecule has 0 radical (unpaired) electrons. The van der Waals surface area contributed by atoms with E-state index in [4.69, 9.17) is 4.74 Å². The van der Waals surface area contributed by atoms with Crippen molar-refractivity contribution in [2.45, 2.75) is 39.5 Å². The molecular formula is C16H21N5O2. The second-order valence-corrected chi connectivity index (χ2v) is 6.01. The number of rotatable bonds is 3. The van der Waals surface area contributed by atoms with Crippen LogP contribution in [-0.4, -0.2) is 56.3 Å². The summed E-state index contributed by atoms with van der Waals surface area (Å²) in [5, 5.41) is 12.4. The lowest BCUT2D eigenvalue weighted by atomic mass is 10.1. The fourth-order valence-electron chi connectivity index (χ4n) is 2.84. The van der Waals surface area contributed by atoms with E-state index in [0.29, 0.717) is 18.9 Å². The number of hydrogen-bond donors (Lipinski definition) is 0. The Labute approximate surface area is 135 Å². The fourth-order valence-corrected chi connectivity index (χ4v) is 2.84. The topological polar surface area (TPSA) is 73.1 Å².